The molecule has 2 saturated heterocycles. The number of nitrogens with zero attached hydrogens (tertiary/aromatic N) is 2. The number of rotatable bonds is 5. The first-order valence-electron chi connectivity index (χ1n) is 9.34. The number of hydrogen-bond acceptors (Lipinski definition) is 3. The van der Waals surface area contributed by atoms with E-state index in [2.05, 4.69) is 21.9 Å². The maximum atomic E-state index is 12.5. The maximum Gasteiger partial charge on any atom is 0.223 e. The summed E-state index contributed by atoms with van der Waals surface area (Å²) in [5.41, 5.74) is 1.31. The first kappa shape index (κ1) is 15.9. The van der Waals surface area contributed by atoms with Crippen molar-refractivity contribution >= 4 is 5.91 Å². The van der Waals surface area contributed by atoms with Crippen molar-refractivity contribution < 1.29 is 9.53 Å². The molecule has 2 heterocycles. The first-order valence-corrected chi connectivity index (χ1v) is 9.34. The van der Waals surface area contributed by atoms with E-state index in [1.165, 1.54) is 24.9 Å². The van der Waals surface area contributed by atoms with Gasteiger partial charge in [0.1, 0.15) is 5.75 Å². The minimum atomic E-state index is 0.108. The molecule has 0 aromatic heterocycles. The van der Waals surface area contributed by atoms with E-state index in [1.807, 2.05) is 12.1 Å². The molecule has 0 bridgehead atoms. The van der Waals surface area contributed by atoms with Gasteiger partial charge in [0.25, 0.3) is 0 Å². The van der Waals surface area contributed by atoms with Gasteiger partial charge in [0.05, 0.1) is 7.11 Å². The molecule has 2 aliphatic heterocycles. The third-order valence-electron chi connectivity index (χ3n) is 6.18. The van der Waals surface area contributed by atoms with Gasteiger partial charge in [0, 0.05) is 38.1 Å². The molecule has 1 aromatic rings. The molecule has 4 rings (SSSR count). The largest absolute Gasteiger partial charge is 0.497 e. The van der Waals surface area contributed by atoms with Gasteiger partial charge in [-0.15, -0.1) is 0 Å². The summed E-state index contributed by atoms with van der Waals surface area (Å²) in [5.74, 6) is 2.16. The molecular formula is C20H28N2O2. The summed E-state index contributed by atoms with van der Waals surface area (Å²) in [6, 6.07) is 8.14. The molecule has 0 N–H and O–H groups in total. The summed E-state index contributed by atoms with van der Waals surface area (Å²) >= 11 is 0. The Kier molecular flexibility index (Phi) is 4.25. The second kappa shape index (κ2) is 6.40. The number of methoxy groups -OCH3 is 1. The first-order chi connectivity index (χ1) is 11.7. The topological polar surface area (TPSA) is 32.8 Å². The second-order valence-electron chi connectivity index (χ2n) is 7.80. The molecule has 130 valence electrons. The molecule has 4 nitrogen and oxygen atoms in total. The molecule has 0 unspecified atom stereocenters. The lowest BCUT2D eigenvalue weighted by Gasteiger charge is -2.45. The molecule has 24 heavy (non-hydrogen) atoms. The lowest BCUT2D eigenvalue weighted by Crippen LogP contribution is -2.53. The molecule has 1 saturated carbocycles. The molecular weight excluding hydrogens is 300 g/mol. The standard InChI is InChI=1S/C20H28N2O2/c1-24-18-6-4-17(5-7-18)15-22-19(23)8-9-20(22)10-12-21(13-11-20)14-16-2-3-16/h4-7,16H,2-3,8-15H2,1H3. The smallest absolute Gasteiger partial charge is 0.223 e. The Morgan fingerprint density at radius 3 is 2.46 bits per heavy atom. The molecule has 1 spiro atoms. The second-order valence-corrected chi connectivity index (χ2v) is 7.80. The number of carbonyl (C=O) groups excluding carboxylic acids is 1. The van der Waals surface area contributed by atoms with Crippen LogP contribution in [0.25, 0.3) is 0 Å². The zero-order chi connectivity index (χ0) is 16.6. The van der Waals surface area contributed by atoms with Gasteiger partial charge in [-0.2, -0.15) is 0 Å². The van der Waals surface area contributed by atoms with Gasteiger partial charge in [-0.3, -0.25) is 4.79 Å². The van der Waals surface area contributed by atoms with Gasteiger partial charge in [-0.1, -0.05) is 12.1 Å². The number of hydrogen-bond donors (Lipinski definition) is 0. The molecule has 1 aromatic carbocycles. The molecule has 3 fully saturated rings. The number of ether oxygens (including phenoxy) is 1. The Bertz CT molecular complexity index is 586. The van der Waals surface area contributed by atoms with Crippen molar-refractivity contribution in [3.05, 3.63) is 29.8 Å². The number of amides is 1. The number of carbonyl (C=O) groups is 1. The van der Waals surface area contributed by atoms with E-state index >= 15 is 0 Å². The van der Waals surface area contributed by atoms with Crippen LogP contribution < -0.4 is 4.74 Å². The monoisotopic (exact) mass is 328 g/mol. The van der Waals surface area contributed by atoms with E-state index in [1.54, 1.807) is 7.11 Å². The summed E-state index contributed by atoms with van der Waals surface area (Å²) in [7, 11) is 1.68. The van der Waals surface area contributed by atoms with Crippen molar-refractivity contribution in [1.82, 2.24) is 9.80 Å². The van der Waals surface area contributed by atoms with Crippen molar-refractivity contribution in [2.24, 2.45) is 5.92 Å². The lowest BCUT2D eigenvalue weighted by atomic mass is 9.84. The normalized spacial score (nSPS) is 23.9. The Morgan fingerprint density at radius 2 is 1.83 bits per heavy atom. The van der Waals surface area contributed by atoms with Gasteiger partial charge >= 0.3 is 0 Å². The summed E-state index contributed by atoms with van der Waals surface area (Å²) < 4.78 is 5.23. The van der Waals surface area contributed by atoms with Gasteiger partial charge in [0.15, 0.2) is 0 Å². The van der Waals surface area contributed by atoms with Crippen molar-refractivity contribution in [2.75, 3.05) is 26.7 Å². The van der Waals surface area contributed by atoms with Crippen LogP contribution in [0.1, 0.15) is 44.1 Å². The summed E-state index contributed by atoms with van der Waals surface area (Å²) in [5, 5.41) is 0. The van der Waals surface area contributed by atoms with Crippen molar-refractivity contribution in [3.8, 4) is 5.75 Å². The fraction of sp³-hybridized carbons (Fsp3) is 0.650. The van der Waals surface area contributed by atoms with Crippen LogP contribution in [-0.2, 0) is 11.3 Å². The third-order valence-corrected chi connectivity index (χ3v) is 6.18. The highest BCUT2D eigenvalue weighted by molar-refractivity contribution is 5.79. The number of likely N-dealkylation sites (tertiary alicyclic amines) is 2. The van der Waals surface area contributed by atoms with Gasteiger partial charge < -0.3 is 14.5 Å². The van der Waals surface area contributed by atoms with Crippen LogP contribution >= 0.6 is 0 Å². The van der Waals surface area contributed by atoms with Crippen LogP contribution in [0.15, 0.2) is 24.3 Å². The van der Waals surface area contributed by atoms with E-state index < -0.39 is 0 Å². The van der Waals surface area contributed by atoms with Crippen LogP contribution in [0.2, 0.25) is 0 Å². The minimum Gasteiger partial charge on any atom is -0.497 e. The summed E-state index contributed by atoms with van der Waals surface area (Å²) in [6.07, 6.45) is 6.88. The molecule has 3 aliphatic rings. The summed E-state index contributed by atoms with van der Waals surface area (Å²) in [6.45, 7) is 4.33. The van der Waals surface area contributed by atoms with E-state index in [-0.39, 0.29) is 5.54 Å². The Balaban J connectivity index is 1.43. The Labute approximate surface area is 144 Å². The fourth-order valence-corrected chi connectivity index (χ4v) is 4.38. The lowest BCUT2D eigenvalue weighted by molar-refractivity contribution is -0.133. The molecule has 0 atom stereocenters. The molecule has 1 aliphatic carbocycles. The van der Waals surface area contributed by atoms with Gasteiger partial charge in [-0.25, -0.2) is 0 Å². The van der Waals surface area contributed by atoms with Crippen LogP contribution in [0.5, 0.6) is 5.75 Å². The number of piperidine rings is 1. The van der Waals surface area contributed by atoms with E-state index in [9.17, 15) is 4.79 Å². The Morgan fingerprint density at radius 1 is 1.12 bits per heavy atom. The van der Waals surface area contributed by atoms with Gasteiger partial charge in [-0.05, 0) is 55.7 Å². The highest BCUT2D eigenvalue weighted by Gasteiger charge is 2.46. The van der Waals surface area contributed by atoms with Crippen molar-refractivity contribution in [1.29, 1.82) is 0 Å². The summed E-state index contributed by atoms with van der Waals surface area (Å²) in [4.78, 5) is 17.3. The van der Waals surface area contributed by atoms with Crippen LogP contribution in [0, 0.1) is 5.92 Å². The van der Waals surface area contributed by atoms with Crippen molar-refractivity contribution in [3.63, 3.8) is 0 Å². The SMILES string of the molecule is COc1ccc(CN2C(=O)CCC23CCN(CC2CC2)CC3)cc1. The average Bonchev–Trinajstić information content (AvgIpc) is 3.39. The molecule has 0 radical (unpaired) electrons. The predicted molar refractivity (Wildman–Crippen MR) is 93.9 cm³/mol. The third kappa shape index (κ3) is 3.16. The highest BCUT2D eigenvalue weighted by Crippen LogP contribution is 2.41. The van der Waals surface area contributed by atoms with Crippen LogP contribution in [0.3, 0.4) is 0 Å². The highest BCUT2D eigenvalue weighted by atomic mass is 16.5. The quantitative estimate of drug-likeness (QED) is 0.833. The fourth-order valence-electron chi connectivity index (χ4n) is 4.38. The van der Waals surface area contributed by atoms with Gasteiger partial charge in [0.2, 0.25) is 5.91 Å². The zero-order valence-electron chi connectivity index (χ0n) is 14.7. The Hall–Kier alpha value is -1.55. The molecule has 4 heteroatoms. The minimum absolute atomic E-state index is 0.108. The van der Waals surface area contributed by atoms with E-state index in [0.717, 1.165) is 57.0 Å². The van der Waals surface area contributed by atoms with E-state index in [0.29, 0.717) is 5.91 Å². The molecule has 1 amide bonds. The number of benzene rings is 1. The predicted octanol–water partition coefficient (Wildman–Crippen LogP) is 3.06. The van der Waals surface area contributed by atoms with Crippen LogP contribution in [0.4, 0.5) is 0 Å². The zero-order valence-corrected chi connectivity index (χ0v) is 14.7. The van der Waals surface area contributed by atoms with Crippen molar-refractivity contribution in [2.45, 2.75) is 50.6 Å². The van der Waals surface area contributed by atoms with E-state index in [4.69, 9.17) is 4.74 Å². The average molecular weight is 328 g/mol. The van der Waals surface area contributed by atoms with Crippen LogP contribution in [-0.4, -0.2) is 48.0 Å². The maximum absolute atomic E-state index is 12.5.